The molecule has 0 aromatic heterocycles. The largest absolute Gasteiger partial charge is 0.510 e. The number of carbonyl (C=O) groups is 2. The van der Waals surface area contributed by atoms with Gasteiger partial charge in [-0.2, -0.15) is 0 Å². The van der Waals surface area contributed by atoms with Crippen molar-refractivity contribution in [3.8, 4) is 0 Å². The number of aliphatic hydroxyl groups excluding tert-OH is 1. The summed E-state index contributed by atoms with van der Waals surface area (Å²) in [6.45, 7) is -0.0810. The van der Waals surface area contributed by atoms with E-state index in [1.54, 1.807) is 29.0 Å². The Bertz CT molecular complexity index is 1430. The molecule has 1 fully saturated rings. The first-order valence-corrected chi connectivity index (χ1v) is 13.1. The lowest BCUT2D eigenvalue weighted by atomic mass is 9.93. The molecule has 0 aliphatic carbocycles. The normalized spacial score (nSPS) is 21.6. The molecule has 0 spiro atoms. The Kier molecular flexibility index (Phi) is 6.57. The summed E-state index contributed by atoms with van der Waals surface area (Å²) in [5.74, 6) is 0.158. The van der Waals surface area contributed by atoms with Crippen molar-refractivity contribution in [2.24, 2.45) is 0 Å². The van der Waals surface area contributed by atoms with Gasteiger partial charge in [-0.15, -0.1) is 11.8 Å². The summed E-state index contributed by atoms with van der Waals surface area (Å²) in [4.78, 5) is 27.8. The number of rotatable bonds is 4. The number of hydrazine groups is 1. The van der Waals surface area contributed by atoms with E-state index in [2.05, 4.69) is 4.74 Å². The lowest BCUT2D eigenvalue weighted by Crippen LogP contribution is -2.58. The highest BCUT2D eigenvalue weighted by Gasteiger charge is 2.48. The Hall–Kier alpha value is -4.16. The van der Waals surface area contributed by atoms with Crippen molar-refractivity contribution >= 4 is 23.8 Å². The quantitative estimate of drug-likeness (QED) is 0.447. The van der Waals surface area contributed by atoms with Gasteiger partial charge in [0.15, 0.2) is 17.3 Å². The van der Waals surface area contributed by atoms with E-state index in [1.165, 1.54) is 29.4 Å². The fourth-order valence-corrected chi connectivity index (χ4v) is 6.12. The first kappa shape index (κ1) is 25.1. The molecule has 6 rings (SSSR count). The second-order valence-electron chi connectivity index (χ2n) is 8.92. The number of thioether (sulfide) groups is 1. The summed E-state index contributed by atoms with van der Waals surface area (Å²) in [6.07, 6.45) is 2.27. The Labute approximate surface area is 227 Å². The molecule has 10 nitrogen and oxygen atoms in total. The number of amides is 1. The van der Waals surface area contributed by atoms with E-state index in [4.69, 9.17) is 14.2 Å². The summed E-state index contributed by atoms with van der Waals surface area (Å²) < 4.78 is 35.4. The SMILES string of the molecule is COC(=O)OCOC1=C2C(=O)N3CCOC=C3N([C@H]3c4cc(F)ccc4CSc4ccccc43)N2C=CC1O. The molecule has 4 aliphatic rings. The average molecular weight is 554 g/mol. The Morgan fingerprint density at radius 3 is 2.92 bits per heavy atom. The van der Waals surface area contributed by atoms with Crippen molar-refractivity contribution in [2.45, 2.75) is 22.8 Å². The lowest BCUT2D eigenvalue weighted by Gasteiger charge is -2.52. The molecule has 12 heteroatoms. The zero-order valence-corrected chi connectivity index (χ0v) is 21.6. The first-order valence-electron chi connectivity index (χ1n) is 12.1. The van der Waals surface area contributed by atoms with Gasteiger partial charge >= 0.3 is 6.16 Å². The van der Waals surface area contributed by atoms with Gasteiger partial charge in [0.2, 0.25) is 6.79 Å². The number of nitrogens with zero attached hydrogens (tertiary/aromatic N) is 3. The van der Waals surface area contributed by atoms with Gasteiger partial charge in [-0.1, -0.05) is 24.3 Å². The van der Waals surface area contributed by atoms with Crippen LogP contribution in [0.15, 0.2) is 83.2 Å². The minimum Gasteiger partial charge on any atom is -0.495 e. The van der Waals surface area contributed by atoms with Gasteiger partial charge in [0.05, 0.1) is 13.7 Å². The summed E-state index contributed by atoms with van der Waals surface area (Å²) in [5, 5.41) is 14.2. The van der Waals surface area contributed by atoms with E-state index in [1.807, 2.05) is 29.3 Å². The first-order chi connectivity index (χ1) is 19.0. The summed E-state index contributed by atoms with van der Waals surface area (Å²) in [5.41, 5.74) is 2.61. The monoisotopic (exact) mass is 553 g/mol. The number of methoxy groups -OCH3 is 1. The molecule has 2 aromatic carbocycles. The van der Waals surface area contributed by atoms with Gasteiger partial charge < -0.3 is 24.1 Å². The maximum atomic E-state index is 14.7. The van der Waals surface area contributed by atoms with E-state index in [9.17, 15) is 19.1 Å². The van der Waals surface area contributed by atoms with Gasteiger partial charge in [0.1, 0.15) is 30.8 Å². The molecule has 2 aromatic rings. The van der Waals surface area contributed by atoms with Crippen LogP contribution in [-0.4, -0.2) is 65.2 Å². The van der Waals surface area contributed by atoms with Crippen LogP contribution in [0.5, 0.6) is 0 Å². The Morgan fingerprint density at radius 1 is 1.23 bits per heavy atom. The van der Waals surface area contributed by atoms with Gasteiger partial charge in [-0.3, -0.25) is 14.7 Å². The average Bonchev–Trinajstić information content (AvgIpc) is 3.11. The number of hydrogen-bond acceptors (Lipinski definition) is 10. The van der Waals surface area contributed by atoms with E-state index in [0.29, 0.717) is 11.6 Å². The third-order valence-corrected chi connectivity index (χ3v) is 7.89. The van der Waals surface area contributed by atoms with Gasteiger partial charge in [0.25, 0.3) is 5.91 Å². The molecule has 0 bridgehead atoms. The highest BCUT2D eigenvalue weighted by molar-refractivity contribution is 7.98. The minimum absolute atomic E-state index is 0.0323. The second kappa shape index (κ2) is 10.2. The number of hydrogen-bond donors (Lipinski definition) is 1. The highest BCUT2D eigenvalue weighted by atomic mass is 32.2. The van der Waals surface area contributed by atoms with Gasteiger partial charge in [0, 0.05) is 16.8 Å². The van der Waals surface area contributed by atoms with Crippen LogP contribution < -0.4 is 0 Å². The van der Waals surface area contributed by atoms with Crippen molar-refractivity contribution < 1.29 is 38.0 Å². The maximum Gasteiger partial charge on any atom is 0.510 e. The van der Waals surface area contributed by atoms with Crippen molar-refractivity contribution in [2.75, 3.05) is 27.1 Å². The third-order valence-electron chi connectivity index (χ3n) is 6.76. The van der Waals surface area contributed by atoms with Crippen molar-refractivity contribution in [3.05, 3.63) is 101 Å². The summed E-state index contributed by atoms with van der Waals surface area (Å²) in [7, 11) is 1.16. The fourth-order valence-electron chi connectivity index (χ4n) is 5.02. The van der Waals surface area contributed by atoms with Gasteiger partial charge in [-0.25, -0.2) is 14.2 Å². The molecular formula is C27H24FN3O7S. The summed E-state index contributed by atoms with van der Waals surface area (Å²) in [6, 6.07) is 12.0. The van der Waals surface area contributed by atoms with Crippen LogP contribution in [0.1, 0.15) is 22.7 Å². The van der Waals surface area contributed by atoms with E-state index < -0.39 is 31.0 Å². The predicted octanol–water partition coefficient (Wildman–Crippen LogP) is 3.57. The number of fused-ring (bicyclic) bond motifs is 4. The standard InChI is InChI=1S/C27H24FN3O7S/c1-35-27(34)38-15-37-25-20(32)8-9-30-24(25)26(33)29-10-11-36-13-22(29)31(30)23-18-4-2-3-5-21(18)39-14-16-6-7-17(28)12-19(16)23/h2-9,12-13,20,23,32H,10-11,14-15H2,1H3/t20?,23-/m1/s1. The van der Waals surface area contributed by atoms with Crippen molar-refractivity contribution in [1.82, 2.24) is 14.9 Å². The number of halogens is 1. The third kappa shape index (κ3) is 4.35. The predicted molar refractivity (Wildman–Crippen MR) is 135 cm³/mol. The number of aliphatic hydroxyl groups is 1. The molecule has 0 radical (unpaired) electrons. The van der Waals surface area contributed by atoms with Crippen molar-refractivity contribution in [3.63, 3.8) is 0 Å². The molecule has 0 saturated carbocycles. The van der Waals surface area contributed by atoms with Crippen LogP contribution in [0.3, 0.4) is 0 Å². The zero-order valence-electron chi connectivity index (χ0n) is 20.8. The topological polar surface area (TPSA) is 101 Å². The lowest BCUT2D eigenvalue weighted by molar-refractivity contribution is -0.144. The zero-order chi connectivity index (χ0) is 27.1. The molecule has 1 unspecified atom stereocenters. The maximum absolute atomic E-state index is 14.7. The highest BCUT2D eigenvalue weighted by Crippen LogP contribution is 2.48. The molecule has 1 N–H and O–H groups in total. The van der Waals surface area contributed by atoms with E-state index in [0.717, 1.165) is 28.7 Å². The van der Waals surface area contributed by atoms with Crippen LogP contribution in [0, 0.1) is 5.82 Å². The van der Waals surface area contributed by atoms with Crippen LogP contribution in [0.2, 0.25) is 0 Å². The smallest absolute Gasteiger partial charge is 0.495 e. The molecule has 1 saturated heterocycles. The van der Waals surface area contributed by atoms with Crippen LogP contribution in [0.25, 0.3) is 0 Å². The van der Waals surface area contributed by atoms with Crippen LogP contribution in [0.4, 0.5) is 9.18 Å². The van der Waals surface area contributed by atoms with E-state index >= 15 is 0 Å². The molecule has 39 heavy (non-hydrogen) atoms. The second-order valence-corrected chi connectivity index (χ2v) is 9.94. The molecule has 4 aliphatic heterocycles. The van der Waals surface area contributed by atoms with Crippen LogP contribution >= 0.6 is 11.8 Å². The molecule has 4 heterocycles. The molecule has 202 valence electrons. The molecular weight excluding hydrogens is 529 g/mol. The number of carbonyl (C=O) groups excluding carboxylic acids is 2. The minimum atomic E-state index is -1.28. The number of ether oxygens (including phenoxy) is 4. The summed E-state index contributed by atoms with van der Waals surface area (Å²) >= 11 is 1.65. The van der Waals surface area contributed by atoms with Crippen molar-refractivity contribution in [1.29, 1.82) is 0 Å². The fraction of sp³-hybridized carbons (Fsp3) is 0.259. The molecule has 1 amide bonds. The van der Waals surface area contributed by atoms with Crippen LogP contribution in [-0.2, 0) is 29.5 Å². The Morgan fingerprint density at radius 2 is 2.08 bits per heavy atom. The molecule has 2 atom stereocenters. The number of benzene rings is 2. The van der Waals surface area contributed by atoms with Gasteiger partial charge in [-0.05, 0) is 41.0 Å². The van der Waals surface area contributed by atoms with E-state index in [-0.39, 0.29) is 30.4 Å². The Balaban J connectivity index is 1.53.